The summed E-state index contributed by atoms with van der Waals surface area (Å²) in [6, 6.07) is 9.37. The number of methoxy groups -OCH3 is 1. The number of nitrogens with one attached hydrogen (secondary N) is 2. The van der Waals surface area contributed by atoms with Gasteiger partial charge in [0, 0.05) is 17.5 Å². The van der Waals surface area contributed by atoms with E-state index in [1.807, 2.05) is 19.1 Å². The van der Waals surface area contributed by atoms with Crippen LogP contribution in [0.3, 0.4) is 0 Å². The smallest absolute Gasteiger partial charge is 0.319 e. The molecule has 3 rings (SSSR count). The van der Waals surface area contributed by atoms with Gasteiger partial charge in [0.05, 0.1) is 29.5 Å². The average molecular weight is 443 g/mol. The van der Waals surface area contributed by atoms with E-state index in [-0.39, 0.29) is 22.3 Å². The predicted molar refractivity (Wildman–Crippen MR) is 113 cm³/mol. The first-order chi connectivity index (χ1) is 14.5. The summed E-state index contributed by atoms with van der Waals surface area (Å²) >= 11 is 2.31. The molecule has 2 amide bonds. The summed E-state index contributed by atoms with van der Waals surface area (Å²) in [5.74, 6) is -3.65. The van der Waals surface area contributed by atoms with Gasteiger partial charge in [0.15, 0.2) is 5.13 Å². The normalized spacial score (nSPS) is 18.4. The van der Waals surface area contributed by atoms with Gasteiger partial charge in [-0.3, -0.25) is 14.4 Å². The highest BCUT2D eigenvalue weighted by Gasteiger charge is 2.44. The Morgan fingerprint density at radius 3 is 2.80 bits per heavy atom. The van der Waals surface area contributed by atoms with Crippen LogP contribution in [-0.2, 0) is 19.1 Å². The highest BCUT2D eigenvalue weighted by Crippen LogP contribution is 2.41. The summed E-state index contributed by atoms with van der Waals surface area (Å²) in [5.41, 5.74) is 1.74. The molecule has 10 heteroatoms. The van der Waals surface area contributed by atoms with E-state index in [1.54, 1.807) is 23.7 Å². The van der Waals surface area contributed by atoms with Crippen LogP contribution < -0.4 is 10.6 Å². The molecule has 2 aromatic rings. The summed E-state index contributed by atoms with van der Waals surface area (Å²) in [4.78, 5) is 41.4. The quantitative estimate of drug-likeness (QED) is 0.521. The van der Waals surface area contributed by atoms with Crippen LogP contribution in [0.1, 0.15) is 17.0 Å². The van der Waals surface area contributed by atoms with Crippen LogP contribution in [0, 0.1) is 24.2 Å². The van der Waals surface area contributed by atoms with Gasteiger partial charge in [-0.25, -0.2) is 4.98 Å². The standard InChI is InChI=1S/C20H18N4O4S2/c1-11-5-3-4-6-12(11)15-13(9-21)18(24-17(26)16(15)19(27)28-2)30-10-14(25)23-20-22-7-8-29-20/h3-8,15-16H,10H2,1-2H3,(H,24,26)(H,22,23,25)/t15-,16+/m0/s1. The summed E-state index contributed by atoms with van der Waals surface area (Å²) < 4.78 is 4.83. The molecule has 30 heavy (non-hydrogen) atoms. The maximum absolute atomic E-state index is 12.8. The molecule has 154 valence electrons. The molecule has 1 aromatic heterocycles. The lowest BCUT2D eigenvalue weighted by Crippen LogP contribution is -2.44. The fraction of sp³-hybridized carbons (Fsp3) is 0.250. The average Bonchev–Trinajstić information content (AvgIpc) is 3.24. The highest BCUT2D eigenvalue weighted by atomic mass is 32.2. The number of thiazole rings is 1. The SMILES string of the molecule is COC(=O)[C@H]1C(=O)NC(SCC(=O)Nc2nccs2)=C(C#N)[C@@H]1c1ccccc1C. The fourth-order valence-corrected chi connectivity index (χ4v) is 4.56. The van der Waals surface area contributed by atoms with Gasteiger partial charge < -0.3 is 15.4 Å². The van der Waals surface area contributed by atoms with Crippen molar-refractivity contribution in [3.63, 3.8) is 0 Å². The third kappa shape index (κ3) is 4.53. The zero-order valence-corrected chi connectivity index (χ0v) is 17.8. The lowest BCUT2D eigenvalue weighted by Gasteiger charge is -2.31. The minimum Gasteiger partial charge on any atom is -0.468 e. The predicted octanol–water partition coefficient (Wildman–Crippen LogP) is 2.56. The number of hydrogen-bond donors (Lipinski definition) is 2. The molecule has 8 nitrogen and oxygen atoms in total. The Labute approximate surface area is 181 Å². The molecule has 0 bridgehead atoms. The molecule has 1 aliphatic rings. The molecular formula is C20H18N4O4S2. The number of aromatic nitrogens is 1. The number of nitriles is 1. The maximum atomic E-state index is 12.8. The number of aryl methyl sites for hydroxylation is 1. The molecule has 0 saturated carbocycles. The van der Waals surface area contributed by atoms with Crippen molar-refractivity contribution in [1.82, 2.24) is 10.3 Å². The van der Waals surface area contributed by atoms with Gasteiger partial charge >= 0.3 is 5.97 Å². The molecule has 0 radical (unpaired) electrons. The number of hydrogen-bond acceptors (Lipinski definition) is 8. The van der Waals surface area contributed by atoms with Crippen LogP contribution in [0.5, 0.6) is 0 Å². The number of carbonyl (C=O) groups is 3. The van der Waals surface area contributed by atoms with Crippen LogP contribution in [0.15, 0.2) is 46.4 Å². The summed E-state index contributed by atoms with van der Waals surface area (Å²) in [6.07, 6.45) is 1.57. The van der Waals surface area contributed by atoms with Crippen molar-refractivity contribution in [3.05, 3.63) is 57.6 Å². The Bertz CT molecular complexity index is 1040. The molecule has 0 saturated heterocycles. The molecule has 2 atom stereocenters. The third-order valence-electron chi connectivity index (χ3n) is 4.53. The third-order valence-corrected chi connectivity index (χ3v) is 6.24. The Morgan fingerprint density at radius 2 is 2.17 bits per heavy atom. The number of amides is 2. The molecule has 0 aliphatic carbocycles. The Morgan fingerprint density at radius 1 is 1.40 bits per heavy atom. The minimum absolute atomic E-state index is 0.0379. The van der Waals surface area contributed by atoms with Gasteiger partial charge in [0.25, 0.3) is 0 Å². The van der Waals surface area contributed by atoms with Gasteiger partial charge in [-0.2, -0.15) is 5.26 Å². The maximum Gasteiger partial charge on any atom is 0.319 e. The van der Waals surface area contributed by atoms with Gasteiger partial charge in [-0.1, -0.05) is 36.0 Å². The van der Waals surface area contributed by atoms with E-state index in [0.29, 0.717) is 10.7 Å². The number of thioether (sulfide) groups is 1. The summed E-state index contributed by atoms with van der Waals surface area (Å²) in [5, 5.41) is 17.6. The van der Waals surface area contributed by atoms with Gasteiger partial charge in [0.2, 0.25) is 11.8 Å². The van der Waals surface area contributed by atoms with E-state index in [0.717, 1.165) is 17.3 Å². The number of esters is 1. The molecule has 2 N–H and O–H groups in total. The van der Waals surface area contributed by atoms with E-state index in [2.05, 4.69) is 21.7 Å². The van der Waals surface area contributed by atoms with Crippen LogP contribution >= 0.6 is 23.1 Å². The van der Waals surface area contributed by atoms with Crippen molar-refractivity contribution in [2.75, 3.05) is 18.2 Å². The zero-order chi connectivity index (χ0) is 21.7. The summed E-state index contributed by atoms with van der Waals surface area (Å²) in [7, 11) is 1.20. The van der Waals surface area contributed by atoms with E-state index in [1.165, 1.54) is 18.4 Å². The van der Waals surface area contributed by atoms with Crippen molar-refractivity contribution < 1.29 is 19.1 Å². The number of allylic oxidation sites excluding steroid dienone is 1. The number of benzene rings is 1. The van der Waals surface area contributed by atoms with Crippen molar-refractivity contribution in [3.8, 4) is 6.07 Å². The van der Waals surface area contributed by atoms with E-state index in [9.17, 15) is 19.6 Å². The van der Waals surface area contributed by atoms with E-state index >= 15 is 0 Å². The van der Waals surface area contributed by atoms with Crippen molar-refractivity contribution >= 4 is 46.0 Å². The van der Waals surface area contributed by atoms with E-state index < -0.39 is 23.7 Å². The van der Waals surface area contributed by atoms with Gasteiger partial charge in [-0.05, 0) is 18.1 Å². The van der Waals surface area contributed by atoms with Crippen LogP contribution in [0.2, 0.25) is 0 Å². The van der Waals surface area contributed by atoms with Crippen LogP contribution in [0.4, 0.5) is 5.13 Å². The largest absolute Gasteiger partial charge is 0.468 e. The number of carbonyl (C=O) groups excluding carboxylic acids is 3. The number of anilines is 1. The van der Waals surface area contributed by atoms with Crippen LogP contribution in [-0.4, -0.2) is 35.6 Å². The van der Waals surface area contributed by atoms with E-state index in [4.69, 9.17) is 4.74 Å². The molecule has 0 fully saturated rings. The first-order valence-electron chi connectivity index (χ1n) is 8.87. The fourth-order valence-electron chi connectivity index (χ4n) is 3.17. The van der Waals surface area contributed by atoms with Crippen molar-refractivity contribution in [1.29, 1.82) is 5.26 Å². The topological polar surface area (TPSA) is 121 Å². The minimum atomic E-state index is -1.20. The highest BCUT2D eigenvalue weighted by molar-refractivity contribution is 8.03. The lowest BCUT2D eigenvalue weighted by atomic mass is 9.77. The van der Waals surface area contributed by atoms with Crippen molar-refractivity contribution in [2.45, 2.75) is 12.8 Å². The molecule has 1 aliphatic heterocycles. The molecule has 2 heterocycles. The summed E-state index contributed by atoms with van der Waals surface area (Å²) in [6.45, 7) is 1.85. The second kappa shape index (κ2) is 9.56. The number of nitrogens with zero attached hydrogens (tertiary/aromatic N) is 2. The zero-order valence-electron chi connectivity index (χ0n) is 16.2. The molecule has 0 spiro atoms. The second-order valence-electron chi connectivity index (χ2n) is 6.35. The van der Waals surface area contributed by atoms with Gasteiger partial charge in [-0.15, -0.1) is 11.3 Å². The van der Waals surface area contributed by atoms with Gasteiger partial charge in [0.1, 0.15) is 5.92 Å². The Kier molecular flexibility index (Phi) is 6.87. The lowest BCUT2D eigenvalue weighted by molar-refractivity contribution is -0.150. The van der Waals surface area contributed by atoms with Crippen LogP contribution in [0.25, 0.3) is 0 Å². The first kappa shape index (κ1) is 21.5. The molecular weight excluding hydrogens is 424 g/mol. The number of ether oxygens (including phenoxy) is 1. The number of rotatable bonds is 6. The Hall–Kier alpha value is -3.16. The Balaban J connectivity index is 1.94. The first-order valence-corrected chi connectivity index (χ1v) is 10.7. The molecule has 0 unspecified atom stereocenters. The second-order valence-corrected chi connectivity index (χ2v) is 8.23. The monoisotopic (exact) mass is 442 g/mol. The molecule has 1 aromatic carbocycles. The van der Waals surface area contributed by atoms with Crippen molar-refractivity contribution in [2.24, 2.45) is 5.92 Å².